The van der Waals surface area contributed by atoms with Crippen molar-refractivity contribution in [2.24, 2.45) is 12.8 Å². The smallest absolute Gasteiger partial charge is 0.277 e. The maximum atomic E-state index is 12.4. The van der Waals surface area contributed by atoms with Crippen molar-refractivity contribution in [1.29, 1.82) is 0 Å². The first kappa shape index (κ1) is 17.3. The van der Waals surface area contributed by atoms with Gasteiger partial charge in [-0.05, 0) is 39.3 Å². The zero-order valence-electron chi connectivity index (χ0n) is 13.8. The molecule has 0 radical (unpaired) electrons. The molecular formula is C15H21N5O2S. The molecule has 8 heteroatoms. The quantitative estimate of drug-likeness (QED) is 0.791. The molecule has 0 aliphatic carbocycles. The largest absolute Gasteiger partial charge is 0.351 e. The molecule has 3 N–H and O–H groups in total. The highest BCUT2D eigenvalue weighted by atomic mass is 32.1. The van der Waals surface area contributed by atoms with E-state index in [4.69, 9.17) is 5.73 Å². The molecule has 0 aliphatic heterocycles. The van der Waals surface area contributed by atoms with Crippen LogP contribution in [0.5, 0.6) is 0 Å². The maximum Gasteiger partial charge on any atom is 0.277 e. The summed E-state index contributed by atoms with van der Waals surface area (Å²) in [5.74, 6) is -0.181. The van der Waals surface area contributed by atoms with Gasteiger partial charge in [-0.25, -0.2) is 9.67 Å². The van der Waals surface area contributed by atoms with Crippen LogP contribution >= 0.6 is 11.3 Å². The van der Waals surface area contributed by atoms with Gasteiger partial charge in [-0.15, -0.1) is 11.3 Å². The molecular weight excluding hydrogens is 314 g/mol. The monoisotopic (exact) mass is 335 g/mol. The average Bonchev–Trinajstić information content (AvgIpc) is 2.87. The van der Waals surface area contributed by atoms with Crippen molar-refractivity contribution in [1.82, 2.24) is 20.1 Å². The molecule has 2 rings (SSSR count). The first-order valence-electron chi connectivity index (χ1n) is 7.37. The number of amides is 1. The molecule has 23 heavy (non-hydrogen) atoms. The molecule has 0 unspecified atom stereocenters. The van der Waals surface area contributed by atoms with E-state index < -0.39 is 0 Å². The van der Waals surface area contributed by atoms with Crippen LogP contribution in [-0.2, 0) is 7.05 Å². The van der Waals surface area contributed by atoms with Gasteiger partial charge < -0.3 is 11.1 Å². The predicted molar refractivity (Wildman–Crippen MR) is 90.8 cm³/mol. The Morgan fingerprint density at radius 2 is 2.00 bits per heavy atom. The van der Waals surface area contributed by atoms with Gasteiger partial charge in [0.05, 0.1) is 17.0 Å². The second kappa shape index (κ2) is 7.01. The molecule has 2 aromatic heterocycles. The summed E-state index contributed by atoms with van der Waals surface area (Å²) < 4.78 is 1.30. The minimum Gasteiger partial charge on any atom is -0.351 e. The average molecular weight is 335 g/mol. The van der Waals surface area contributed by atoms with E-state index in [0.717, 1.165) is 17.7 Å². The van der Waals surface area contributed by atoms with Gasteiger partial charge in [-0.3, -0.25) is 9.59 Å². The number of hydrogen-bond donors (Lipinski definition) is 2. The van der Waals surface area contributed by atoms with Crippen LogP contribution in [0.3, 0.4) is 0 Å². The van der Waals surface area contributed by atoms with Gasteiger partial charge in [0.1, 0.15) is 9.88 Å². The Kier molecular flexibility index (Phi) is 5.27. The highest BCUT2D eigenvalue weighted by Gasteiger charge is 2.20. The summed E-state index contributed by atoms with van der Waals surface area (Å²) in [5, 5.41) is 7.53. The van der Waals surface area contributed by atoms with Crippen molar-refractivity contribution >= 4 is 17.2 Å². The van der Waals surface area contributed by atoms with Gasteiger partial charge in [-0.1, -0.05) is 0 Å². The van der Waals surface area contributed by atoms with E-state index in [2.05, 4.69) is 15.4 Å². The fraction of sp³-hybridized carbons (Fsp3) is 0.467. The number of carbonyl (C=O) groups excluding carboxylic acids is 1. The second-order valence-electron chi connectivity index (χ2n) is 5.35. The van der Waals surface area contributed by atoms with Crippen LogP contribution in [0.25, 0.3) is 10.6 Å². The Hall–Kier alpha value is -2.06. The Labute approximate surface area is 138 Å². The van der Waals surface area contributed by atoms with Gasteiger partial charge >= 0.3 is 0 Å². The van der Waals surface area contributed by atoms with Crippen molar-refractivity contribution in [3.05, 3.63) is 32.2 Å². The number of nitrogens with zero attached hydrogens (tertiary/aromatic N) is 3. The summed E-state index contributed by atoms with van der Waals surface area (Å²) in [4.78, 5) is 29.6. The number of aryl methyl sites for hydroxylation is 3. The van der Waals surface area contributed by atoms with Gasteiger partial charge in [0, 0.05) is 13.6 Å². The summed E-state index contributed by atoms with van der Waals surface area (Å²) in [6.45, 7) is 6.51. The number of thiazole rings is 1. The Morgan fingerprint density at radius 3 is 2.65 bits per heavy atom. The molecule has 1 amide bonds. The summed E-state index contributed by atoms with van der Waals surface area (Å²) >= 11 is 1.23. The minimum absolute atomic E-state index is 0.181. The van der Waals surface area contributed by atoms with Gasteiger partial charge in [0.2, 0.25) is 0 Å². The van der Waals surface area contributed by atoms with Crippen LogP contribution in [0.15, 0.2) is 4.79 Å². The third-order valence-electron chi connectivity index (χ3n) is 3.61. The molecule has 7 nitrogen and oxygen atoms in total. The summed E-state index contributed by atoms with van der Waals surface area (Å²) in [6, 6.07) is 0. The Bertz CT molecular complexity index is 794. The normalized spacial score (nSPS) is 10.8. The number of hydrogen-bond acceptors (Lipinski definition) is 6. The van der Waals surface area contributed by atoms with Crippen molar-refractivity contribution in [3.63, 3.8) is 0 Å². The molecule has 0 saturated carbocycles. The highest BCUT2D eigenvalue weighted by Crippen LogP contribution is 2.28. The molecule has 0 atom stereocenters. The first-order valence-corrected chi connectivity index (χ1v) is 8.19. The summed E-state index contributed by atoms with van der Waals surface area (Å²) in [6.07, 6.45) is 0.722. The summed E-state index contributed by atoms with van der Waals surface area (Å²) in [5.41, 5.74) is 7.89. The molecule has 0 fully saturated rings. The topological polar surface area (TPSA) is 103 Å². The van der Waals surface area contributed by atoms with E-state index in [1.54, 1.807) is 14.0 Å². The van der Waals surface area contributed by atoms with Crippen molar-refractivity contribution < 1.29 is 4.79 Å². The van der Waals surface area contributed by atoms with E-state index in [0.29, 0.717) is 34.2 Å². The SMILES string of the molecule is Cc1nc(-c2c(C)c(C)nn(C)c2=O)sc1C(=O)NCCCN. The zero-order valence-corrected chi connectivity index (χ0v) is 14.6. The lowest BCUT2D eigenvalue weighted by molar-refractivity contribution is 0.0956. The Morgan fingerprint density at radius 1 is 1.30 bits per heavy atom. The van der Waals surface area contributed by atoms with Gasteiger partial charge in [0.15, 0.2) is 0 Å². The third kappa shape index (κ3) is 3.48. The molecule has 0 spiro atoms. The lowest BCUT2D eigenvalue weighted by Gasteiger charge is -2.07. The lowest BCUT2D eigenvalue weighted by Crippen LogP contribution is -2.25. The van der Waals surface area contributed by atoms with Crippen LogP contribution in [0.1, 0.15) is 33.0 Å². The molecule has 0 saturated heterocycles. The number of nitrogens with two attached hydrogens (primary N) is 1. The Balaban J connectivity index is 2.43. The molecule has 0 bridgehead atoms. The minimum atomic E-state index is -0.211. The zero-order chi connectivity index (χ0) is 17.1. The fourth-order valence-corrected chi connectivity index (χ4v) is 3.28. The van der Waals surface area contributed by atoms with E-state index >= 15 is 0 Å². The van der Waals surface area contributed by atoms with Crippen LogP contribution in [0.2, 0.25) is 0 Å². The number of rotatable bonds is 5. The third-order valence-corrected chi connectivity index (χ3v) is 4.78. The van der Waals surface area contributed by atoms with E-state index in [1.807, 2.05) is 13.8 Å². The van der Waals surface area contributed by atoms with Gasteiger partial charge in [0.25, 0.3) is 11.5 Å². The molecule has 124 valence electrons. The highest BCUT2D eigenvalue weighted by molar-refractivity contribution is 7.17. The number of aromatic nitrogens is 3. The van der Waals surface area contributed by atoms with E-state index in [1.165, 1.54) is 16.0 Å². The lowest BCUT2D eigenvalue weighted by atomic mass is 10.1. The molecule has 0 aromatic carbocycles. The molecule has 2 aromatic rings. The number of nitrogens with one attached hydrogen (secondary N) is 1. The number of carbonyl (C=O) groups is 1. The fourth-order valence-electron chi connectivity index (χ4n) is 2.20. The second-order valence-corrected chi connectivity index (χ2v) is 6.34. The summed E-state index contributed by atoms with van der Waals surface area (Å²) in [7, 11) is 1.61. The van der Waals surface area contributed by atoms with Crippen LogP contribution in [0, 0.1) is 20.8 Å². The van der Waals surface area contributed by atoms with Gasteiger partial charge in [-0.2, -0.15) is 5.10 Å². The van der Waals surface area contributed by atoms with Crippen LogP contribution in [-0.4, -0.2) is 33.8 Å². The van der Waals surface area contributed by atoms with Crippen molar-refractivity contribution in [2.75, 3.05) is 13.1 Å². The molecule has 0 aliphatic rings. The standard InChI is InChI=1S/C15H21N5O2S/c1-8-9(2)19-20(4)15(22)11(8)14-18-10(3)12(23-14)13(21)17-7-5-6-16/h5-7,16H2,1-4H3,(H,17,21). The van der Waals surface area contributed by atoms with Crippen molar-refractivity contribution in [3.8, 4) is 10.6 Å². The first-order chi connectivity index (χ1) is 10.9. The van der Waals surface area contributed by atoms with Crippen LogP contribution < -0.4 is 16.6 Å². The molecule has 2 heterocycles. The van der Waals surface area contributed by atoms with E-state index in [9.17, 15) is 9.59 Å². The van der Waals surface area contributed by atoms with E-state index in [-0.39, 0.29) is 11.5 Å². The predicted octanol–water partition coefficient (Wildman–Crippen LogP) is 0.908. The van der Waals surface area contributed by atoms with Crippen LogP contribution in [0.4, 0.5) is 0 Å². The van der Waals surface area contributed by atoms with Crippen molar-refractivity contribution in [2.45, 2.75) is 27.2 Å². The maximum absolute atomic E-state index is 12.4.